The van der Waals surface area contributed by atoms with E-state index < -0.39 is 0 Å². The van der Waals surface area contributed by atoms with Gasteiger partial charge in [-0.05, 0) is 37.5 Å². The highest BCUT2D eigenvalue weighted by Crippen LogP contribution is 2.28. The van der Waals surface area contributed by atoms with Crippen molar-refractivity contribution in [2.24, 2.45) is 5.92 Å². The van der Waals surface area contributed by atoms with Gasteiger partial charge in [0.05, 0.1) is 0 Å². The van der Waals surface area contributed by atoms with Gasteiger partial charge in [0.1, 0.15) is 0 Å². The summed E-state index contributed by atoms with van der Waals surface area (Å²) in [4.78, 5) is 14.0. The Morgan fingerprint density at radius 3 is 2.53 bits per heavy atom. The number of carbonyl (C=O) groups excluding carboxylic acids is 1. The molecular weight excluding hydrogens is 218 g/mol. The van der Waals surface area contributed by atoms with E-state index in [9.17, 15) is 15.0 Å². The van der Waals surface area contributed by atoms with E-state index in [0.29, 0.717) is 11.5 Å². The monoisotopic (exact) mass is 235 g/mol. The number of phenolic OH excluding ortho intramolecular Hbond substituents is 2. The van der Waals surface area contributed by atoms with Gasteiger partial charge in [0, 0.05) is 18.2 Å². The highest BCUT2D eigenvalue weighted by molar-refractivity contribution is 5.95. The Morgan fingerprint density at radius 1 is 1.29 bits per heavy atom. The summed E-state index contributed by atoms with van der Waals surface area (Å²) in [6.45, 7) is 4.90. The molecule has 17 heavy (non-hydrogen) atoms. The Morgan fingerprint density at radius 2 is 2.00 bits per heavy atom. The topological polar surface area (TPSA) is 60.8 Å². The SMILES string of the molecule is CC1CC(C)N(C(=O)c2ccc(O)c(O)c2)C1. The third-order valence-electron chi connectivity index (χ3n) is 3.27. The maximum Gasteiger partial charge on any atom is 0.254 e. The van der Waals surface area contributed by atoms with Crippen molar-refractivity contribution in [1.29, 1.82) is 0 Å². The van der Waals surface area contributed by atoms with Crippen molar-refractivity contribution in [3.8, 4) is 11.5 Å². The molecule has 0 radical (unpaired) electrons. The Labute approximate surface area is 100 Å². The Balaban J connectivity index is 2.22. The normalized spacial score (nSPS) is 24.0. The second-order valence-corrected chi connectivity index (χ2v) is 4.85. The summed E-state index contributed by atoms with van der Waals surface area (Å²) < 4.78 is 0. The fourth-order valence-electron chi connectivity index (χ4n) is 2.41. The fraction of sp³-hybridized carbons (Fsp3) is 0.462. The number of carbonyl (C=O) groups is 1. The molecule has 4 heteroatoms. The van der Waals surface area contributed by atoms with Crippen molar-refractivity contribution < 1.29 is 15.0 Å². The van der Waals surface area contributed by atoms with Crippen LogP contribution in [0.1, 0.15) is 30.6 Å². The number of hydrogen-bond donors (Lipinski definition) is 2. The molecule has 1 aromatic rings. The fourth-order valence-corrected chi connectivity index (χ4v) is 2.41. The zero-order valence-corrected chi connectivity index (χ0v) is 10.1. The minimum Gasteiger partial charge on any atom is -0.504 e. The Kier molecular flexibility index (Phi) is 2.96. The van der Waals surface area contributed by atoms with Gasteiger partial charge in [0.15, 0.2) is 11.5 Å². The van der Waals surface area contributed by atoms with Gasteiger partial charge in [-0.3, -0.25) is 4.79 Å². The van der Waals surface area contributed by atoms with Gasteiger partial charge in [-0.25, -0.2) is 0 Å². The Bertz CT molecular complexity index is 444. The second-order valence-electron chi connectivity index (χ2n) is 4.85. The number of likely N-dealkylation sites (tertiary alicyclic amines) is 1. The summed E-state index contributed by atoms with van der Waals surface area (Å²) in [6.07, 6.45) is 1.01. The number of nitrogens with zero attached hydrogens (tertiary/aromatic N) is 1. The maximum absolute atomic E-state index is 12.2. The quantitative estimate of drug-likeness (QED) is 0.731. The molecule has 1 amide bonds. The molecular formula is C13H17NO3. The lowest BCUT2D eigenvalue weighted by molar-refractivity contribution is 0.0743. The molecule has 0 bridgehead atoms. The molecule has 4 nitrogen and oxygen atoms in total. The van der Waals surface area contributed by atoms with Crippen molar-refractivity contribution in [2.75, 3.05) is 6.54 Å². The zero-order chi connectivity index (χ0) is 12.6. The molecule has 1 saturated heterocycles. The summed E-state index contributed by atoms with van der Waals surface area (Å²) in [6, 6.07) is 4.42. The van der Waals surface area contributed by atoms with Gasteiger partial charge in [-0.1, -0.05) is 6.92 Å². The molecule has 2 rings (SSSR count). The van der Waals surface area contributed by atoms with E-state index in [1.54, 1.807) is 0 Å². The van der Waals surface area contributed by atoms with Crippen LogP contribution in [0, 0.1) is 5.92 Å². The Hall–Kier alpha value is -1.71. The van der Waals surface area contributed by atoms with E-state index in [2.05, 4.69) is 6.92 Å². The molecule has 1 aromatic carbocycles. The molecule has 0 saturated carbocycles. The first kappa shape index (κ1) is 11.8. The molecule has 0 spiro atoms. The molecule has 1 heterocycles. The van der Waals surface area contributed by atoms with E-state index in [1.165, 1.54) is 18.2 Å². The summed E-state index contributed by atoms with van der Waals surface area (Å²) in [5.41, 5.74) is 0.418. The third kappa shape index (κ3) is 2.20. The number of phenols is 2. The van der Waals surface area contributed by atoms with Crippen LogP contribution < -0.4 is 0 Å². The lowest BCUT2D eigenvalue weighted by Gasteiger charge is -2.21. The van der Waals surface area contributed by atoms with Gasteiger partial charge < -0.3 is 15.1 Å². The molecule has 0 aromatic heterocycles. The second kappa shape index (κ2) is 4.28. The van der Waals surface area contributed by atoms with Crippen LogP contribution in [-0.4, -0.2) is 33.6 Å². The van der Waals surface area contributed by atoms with Crippen LogP contribution >= 0.6 is 0 Å². The highest BCUT2D eigenvalue weighted by Gasteiger charge is 2.30. The number of amides is 1. The summed E-state index contributed by atoms with van der Waals surface area (Å²) >= 11 is 0. The number of benzene rings is 1. The van der Waals surface area contributed by atoms with E-state index in [4.69, 9.17) is 0 Å². The van der Waals surface area contributed by atoms with Crippen LogP contribution in [0.2, 0.25) is 0 Å². The number of rotatable bonds is 1. The summed E-state index contributed by atoms with van der Waals surface area (Å²) in [5.74, 6) is -0.0306. The van der Waals surface area contributed by atoms with E-state index >= 15 is 0 Å². The van der Waals surface area contributed by atoms with Crippen molar-refractivity contribution >= 4 is 5.91 Å². The minimum atomic E-state index is -0.254. The lowest BCUT2D eigenvalue weighted by Crippen LogP contribution is -2.33. The van der Waals surface area contributed by atoms with Crippen LogP contribution in [-0.2, 0) is 0 Å². The molecule has 2 atom stereocenters. The molecule has 0 aliphatic carbocycles. The van der Waals surface area contributed by atoms with Gasteiger partial charge in [0.25, 0.3) is 5.91 Å². The zero-order valence-electron chi connectivity index (χ0n) is 10.1. The number of hydrogen-bond acceptors (Lipinski definition) is 3. The largest absolute Gasteiger partial charge is 0.504 e. The average Bonchev–Trinajstić information content (AvgIpc) is 2.61. The van der Waals surface area contributed by atoms with Crippen molar-refractivity contribution in [1.82, 2.24) is 4.90 Å². The van der Waals surface area contributed by atoms with Crippen LogP contribution in [0.3, 0.4) is 0 Å². The first-order valence-corrected chi connectivity index (χ1v) is 5.82. The highest BCUT2D eigenvalue weighted by atomic mass is 16.3. The molecule has 2 N–H and O–H groups in total. The predicted molar refractivity (Wildman–Crippen MR) is 64.1 cm³/mol. The van der Waals surface area contributed by atoms with E-state index in [0.717, 1.165) is 13.0 Å². The van der Waals surface area contributed by atoms with Gasteiger partial charge >= 0.3 is 0 Å². The first-order valence-electron chi connectivity index (χ1n) is 5.82. The van der Waals surface area contributed by atoms with Crippen LogP contribution in [0.4, 0.5) is 0 Å². The standard InChI is InChI=1S/C13H17NO3/c1-8-5-9(2)14(7-8)13(17)10-3-4-11(15)12(16)6-10/h3-4,6,8-9,15-16H,5,7H2,1-2H3. The smallest absolute Gasteiger partial charge is 0.254 e. The third-order valence-corrected chi connectivity index (χ3v) is 3.27. The first-order chi connectivity index (χ1) is 7.99. The van der Waals surface area contributed by atoms with Gasteiger partial charge in [-0.2, -0.15) is 0 Å². The van der Waals surface area contributed by atoms with Crippen molar-refractivity contribution in [3.05, 3.63) is 23.8 Å². The van der Waals surface area contributed by atoms with Crippen molar-refractivity contribution in [2.45, 2.75) is 26.3 Å². The lowest BCUT2D eigenvalue weighted by atomic mass is 10.1. The maximum atomic E-state index is 12.2. The molecule has 2 unspecified atom stereocenters. The van der Waals surface area contributed by atoms with Gasteiger partial charge in [-0.15, -0.1) is 0 Å². The van der Waals surface area contributed by atoms with Gasteiger partial charge in [0.2, 0.25) is 0 Å². The van der Waals surface area contributed by atoms with E-state index in [1.807, 2.05) is 11.8 Å². The average molecular weight is 235 g/mol. The molecule has 1 fully saturated rings. The molecule has 1 aliphatic rings. The predicted octanol–water partition coefficient (Wildman–Crippen LogP) is 1.97. The van der Waals surface area contributed by atoms with E-state index in [-0.39, 0.29) is 23.4 Å². The van der Waals surface area contributed by atoms with Crippen LogP contribution in [0.15, 0.2) is 18.2 Å². The number of aromatic hydroxyl groups is 2. The van der Waals surface area contributed by atoms with Crippen molar-refractivity contribution in [3.63, 3.8) is 0 Å². The summed E-state index contributed by atoms with van der Waals surface area (Å²) in [5, 5.41) is 18.6. The minimum absolute atomic E-state index is 0.0860. The molecule has 1 aliphatic heterocycles. The molecule has 92 valence electrons. The summed E-state index contributed by atoms with van der Waals surface area (Å²) in [7, 11) is 0. The van der Waals surface area contributed by atoms with Crippen LogP contribution in [0.25, 0.3) is 0 Å². The van der Waals surface area contributed by atoms with Crippen LogP contribution in [0.5, 0.6) is 11.5 Å².